The Morgan fingerprint density at radius 3 is 2.48 bits per heavy atom. The molecule has 160 valence electrons. The molecule has 7 nitrogen and oxygen atoms in total. The molecule has 0 spiro atoms. The molecule has 0 aliphatic rings. The van der Waals surface area contributed by atoms with Gasteiger partial charge in [0.1, 0.15) is 18.5 Å². The fourth-order valence-corrected chi connectivity index (χ4v) is 3.56. The van der Waals surface area contributed by atoms with Gasteiger partial charge in [-0.3, -0.25) is 14.1 Å². The highest BCUT2D eigenvalue weighted by Crippen LogP contribution is 2.21. The molecule has 0 aliphatic heterocycles. The summed E-state index contributed by atoms with van der Waals surface area (Å²) in [5.41, 5.74) is 4.53. The minimum Gasteiger partial charge on any atom is -0.491 e. The number of hydrogen-bond acceptors (Lipinski definition) is 5. The Labute approximate surface area is 180 Å². The molecular weight excluding hydrogens is 392 g/mol. The number of nitrogens with one attached hydrogen (secondary N) is 1. The third-order valence-corrected chi connectivity index (χ3v) is 5.39. The van der Waals surface area contributed by atoms with Crippen LogP contribution >= 0.6 is 0 Å². The average Bonchev–Trinajstić information content (AvgIpc) is 3.02. The van der Waals surface area contributed by atoms with E-state index in [1.54, 1.807) is 29.4 Å². The first kappa shape index (κ1) is 20.8. The number of pyridine rings is 1. The molecule has 0 saturated heterocycles. The minimum atomic E-state index is -0.791. The van der Waals surface area contributed by atoms with E-state index in [9.17, 15) is 9.90 Å². The molecule has 0 fully saturated rings. The van der Waals surface area contributed by atoms with E-state index < -0.39 is 6.10 Å². The Hall–Kier alpha value is -3.42. The highest BCUT2D eigenvalue weighted by atomic mass is 16.5. The Kier molecular flexibility index (Phi) is 6.16. The van der Waals surface area contributed by atoms with Crippen molar-refractivity contribution in [1.29, 1.82) is 0 Å². The number of aliphatic hydroxyl groups is 1. The van der Waals surface area contributed by atoms with Gasteiger partial charge in [0.05, 0.1) is 11.0 Å². The number of rotatable bonds is 8. The van der Waals surface area contributed by atoms with E-state index in [2.05, 4.69) is 10.3 Å². The topological polar surface area (TPSA) is 81.3 Å². The van der Waals surface area contributed by atoms with Gasteiger partial charge in [0.25, 0.3) is 0 Å². The van der Waals surface area contributed by atoms with Crippen molar-refractivity contribution in [3.63, 3.8) is 0 Å². The lowest BCUT2D eigenvalue weighted by atomic mass is 10.1. The lowest BCUT2D eigenvalue weighted by molar-refractivity contribution is 0.108. The fraction of sp³-hybridized carbons (Fsp3) is 0.250. The van der Waals surface area contributed by atoms with Gasteiger partial charge in [0.15, 0.2) is 0 Å². The zero-order chi connectivity index (χ0) is 21.8. The Bertz CT molecular complexity index is 1210. The lowest BCUT2D eigenvalue weighted by Crippen LogP contribution is -2.19. The molecule has 4 aromatic rings. The van der Waals surface area contributed by atoms with Gasteiger partial charge < -0.3 is 15.2 Å². The Balaban J connectivity index is 1.32. The maximum absolute atomic E-state index is 12.1. The molecule has 2 heterocycles. The van der Waals surface area contributed by atoms with Gasteiger partial charge in [0.2, 0.25) is 0 Å². The van der Waals surface area contributed by atoms with Gasteiger partial charge >= 0.3 is 5.69 Å². The van der Waals surface area contributed by atoms with Gasteiger partial charge in [-0.2, -0.15) is 0 Å². The molecule has 0 aliphatic carbocycles. The van der Waals surface area contributed by atoms with Crippen LogP contribution in [0.3, 0.4) is 0 Å². The predicted octanol–water partition coefficient (Wildman–Crippen LogP) is 2.67. The molecule has 2 aromatic carbocycles. The second-order valence-electron chi connectivity index (χ2n) is 7.58. The zero-order valence-corrected chi connectivity index (χ0v) is 17.7. The zero-order valence-electron chi connectivity index (χ0n) is 17.7. The van der Waals surface area contributed by atoms with Crippen LogP contribution in [-0.2, 0) is 27.2 Å². The summed E-state index contributed by atoms with van der Waals surface area (Å²) in [6, 6.07) is 17.3. The van der Waals surface area contributed by atoms with Gasteiger partial charge in [0, 0.05) is 39.6 Å². The normalized spacial score (nSPS) is 12.2. The first-order valence-corrected chi connectivity index (χ1v) is 10.2. The van der Waals surface area contributed by atoms with Crippen LogP contribution in [0.4, 0.5) is 0 Å². The van der Waals surface area contributed by atoms with E-state index in [0.29, 0.717) is 11.3 Å². The largest absolute Gasteiger partial charge is 0.491 e. The van der Waals surface area contributed by atoms with Gasteiger partial charge in [-0.25, -0.2) is 4.79 Å². The molecule has 0 radical (unpaired) electrons. The number of aromatic nitrogens is 3. The summed E-state index contributed by atoms with van der Waals surface area (Å²) < 4.78 is 8.94. The van der Waals surface area contributed by atoms with Crippen molar-refractivity contribution < 1.29 is 9.84 Å². The van der Waals surface area contributed by atoms with Crippen LogP contribution in [0.1, 0.15) is 22.8 Å². The SMILES string of the molecule is Cn1c(=O)n(C)c2cc([C@@H](O)COc3ccc(CNCc4cccnc4)cc3)ccc21. The van der Waals surface area contributed by atoms with E-state index >= 15 is 0 Å². The lowest BCUT2D eigenvalue weighted by Gasteiger charge is -2.14. The number of ether oxygens (including phenoxy) is 1. The third kappa shape index (κ3) is 4.68. The van der Waals surface area contributed by atoms with Crippen molar-refractivity contribution in [1.82, 2.24) is 19.4 Å². The highest BCUT2D eigenvalue weighted by Gasteiger charge is 2.13. The van der Waals surface area contributed by atoms with Crippen molar-refractivity contribution in [3.8, 4) is 5.75 Å². The van der Waals surface area contributed by atoms with Gasteiger partial charge in [-0.05, 0) is 47.0 Å². The highest BCUT2D eigenvalue weighted by molar-refractivity contribution is 5.76. The minimum absolute atomic E-state index is 0.0899. The number of aliphatic hydroxyl groups excluding tert-OH is 1. The number of hydrogen-bond donors (Lipinski definition) is 2. The maximum atomic E-state index is 12.1. The summed E-state index contributed by atoms with van der Waals surface area (Å²) in [4.78, 5) is 16.2. The molecule has 0 amide bonds. The van der Waals surface area contributed by atoms with Gasteiger partial charge in [-0.15, -0.1) is 0 Å². The number of nitrogens with zero attached hydrogens (tertiary/aromatic N) is 3. The number of benzene rings is 2. The number of aryl methyl sites for hydroxylation is 2. The van der Waals surface area contributed by atoms with Crippen molar-refractivity contribution in [2.24, 2.45) is 14.1 Å². The summed E-state index contributed by atoms with van der Waals surface area (Å²) in [5, 5.41) is 13.9. The van der Waals surface area contributed by atoms with Crippen LogP contribution in [0, 0.1) is 0 Å². The van der Waals surface area contributed by atoms with E-state index in [-0.39, 0.29) is 12.3 Å². The fourth-order valence-electron chi connectivity index (χ4n) is 3.56. The molecule has 4 rings (SSSR count). The first-order chi connectivity index (χ1) is 15.0. The standard InChI is InChI=1S/C24H26N4O3/c1-27-21-10-7-19(12-22(21)28(2)24(27)30)23(29)16-31-20-8-5-17(6-9-20)13-26-15-18-4-3-11-25-14-18/h3-12,14,23,26,29H,13,15-16H2,1-2H3/t23-/m0/s1. The molecule has 1 atom stereocenters. The van der Waals surface area contributed by atoms with Crippen LogP contribution in [0.5, 0.6) is 5.75 Å². The smallest absolute Gasteiger partial charge is 0.328 e. The molecule has 0 saturated carbocycles. The Morgan fingerprint density at radius 2 is 1.74 bits per heavy atom. The van der Waals surface area contributed by atoms with Crippen LogP contribution in [0.2, 0.25) is 0 Å². The van der Waals surface area contributed by atoms with E-state index in [1.165, 1.54) is 0 Å². The summed E-state index contributed by atoms with van der Waals surface area (Å²) in [6.07, 6.45) is 2.83. The van der Waals surface area contributed by atoms with Crippen molar-refractivity contribution in [2.45, 2.75) is 19.2 Å². The monoisotopic (exact) mass is 418 g/mol. The number of imidazole rings is 1. The van der Waals surface area contributed by atoms with E-state index in [1.807, 2.05) is 60.8 Å². The molecule has 0 bridgehead atoms. The van der Waals surface area contributed by atoms with Crippen LogP contribution in [0.15, 0.2) is 71.8 Å². The molecule has 7 heteroatoms. The average molecular weight is 418 g/mol. The van der Waals surface area contributed by atoms with Crippen molar-refractivity contribution >= 4 is 11.0 Å². The second-order valence-corrected chi connectivity index (χ2v) is 7.58. The quantitative estimate of drug-likeness (QED) is 0.460. The van der Waals surface area contributed by atoms with Crippen molar-refractivity contribution in [2.75, 3.05) is 6.61 Å². The predicted molar refractivity (Wildman–Crippen MR) is 120 cm³/mol. The summed E-state index contributed by atoms with van der Waals surface area (Å²) in [5.74, 6) is 0.697. The maximum Gasteiger partial charge on any atom is 0.328 e. The van der Waals surface area contributed by atoms with Crippen molar-refractivity contribution in [3.05, 3.63) is 94.2 Å². The third-order valence-electron chi connectivity index (χ3n) is 5.39. The first-order valence-electron chi connectivity index (χ1n) is 10.2. The van der Waals surface area contributed by atoms with Crippen LogP contribution in [-0.4, -0.2) is 25.8 Å². The number of fused-ring (bicyclic) bond motifs is 1. The van der Waals surface area contributed by atoms with E-state index in [4.69, 9.17) is 4.74 Å². The molecular formula is C24H26N4O3. The molecule has 2 aromatic heterocycles. The van der Waals surface area contributed by atoms with Crippen LogP contribution in [0.25, 0.3) is 11.0 Å². The summed E-state index contributed by atoms with van der Waals surface area (Å²) >= 11 is 0. The summed E-state index contributed by atoms with van der Waals surface area (Å²) in [7, 11) is 3.46. The Morgan fingerprint density at radius 1 is 1.00 bits per heavy atom. The molecule has 2 N–H and O–H groups in total. The molecule has 31 heavy (non-hydrogen) atoms. The van der Waals surface area contributed by atoms with Crippen LogP contribution < -0.4 is 15.7 Å². The summed E-state index contributed by atoms with van der Waals surface area (Å²) in [6.45, 7) is 1.63. The van der Waals surface area contributed by atoms with E-state index in [0.717, 1.165) is 35.2 Å². The van der Waals surface area contributed by atoms with Gasteiger partial charge in [-0.1, -0.05) is 24.3 Å². The second kappa shape index (κ2) is 9.16. The molecule has 0 unspecified atom stereocenters.